The van der Waals surface area contributed by atoms with Gasteiger partial charge >= 0.3 is 0 Å². The third kappa shape index (κ3) is 5.26. The first-order chi connectivity index (χ1) is 15.3. The number of amides is 2. The van der Waals surface area contributed by atoms with E-state index < -0.39 is 10.0 Å². The number of anilines is 1. The van der Waals surface area contributed by atoms with Gasteiger partial charge in [0.25, 0.3) is 5.91 Å². The van der Waals surface area contributed by atoms with Crippen molar-refractivity contribution in [3.8, 4) is 0 Å². The van der Waals surface area contributed by atoms with Crippen molar-refractivity contribution in [3.63, 3.8) is 0 Å². The topological polar surface area (TPSA) is 81.2 Å². The molecule has 0 unspecified atom stereocenters. The number of carbonyl (C=O) groups excluding carboxylic acids is 2. The van der Waals surface area contributed by atoms with Gasteiger partial charge in [-0.3, -0.25) is 18.8 Å². The first-order valence-electron chi connectivity index (χ1n) is 11.7. The fraction of sp³-hybridized carbons (Fsp3) is 0.652. The van der Waals surface area contributed by atoms with E-state index in [2.05, 4.69) is 4.90 Å². The molecule has 0 spiro atoms. The molecule has 176 valence electrons. The number of piperazine rings is 1. The number of fused-ring (bicyclic) bond motifs is 1. The summed E-state index contributed by atoms with van der Waals surface area (Å²) in [6, 6.07) is 5.35. The summed E-state index contributed by atoms with van der Waals surface area (Å²) in [6.45, 7) is 5.23. The second-order valence-electron chi connectivity index (χ2n) is 9.15. The Labute approximate surface area is 191 Å². The van der Waals surface area contributed by atoms with Crippen molar-refractivity contribution in [1.82, 2.24) is 14.7 Å². The van der Waals surface area contributed by atoms with E-state index in [9.17, 15) is 18.0 Å². The lowest BCUT2D eigenvalue weighted by Gasteiger charge is -2.35. The average Bonchev–Trinajstić information content (AvgIpc) is 3.07. The molecule has 3 aliphatic rings. The second kappa shape index (κ2) is 9.79. The molecule has 3 aliphatic heterocycles. The monoisotopic (exact) mass is 462 g/mol. The molecule has 3 heterocycles. The number of hydrogen-bond donors (Lipinski definition) is 0. The van der Waals surface area contributed by atoms with E-state index >= 15 is 0 Å². The molecule has 8 nitrogen and oxygen atoms in total. The van der Waals surface area contributed by atoms with Crippen molar-refractivity contribution >= 4 is 27.5 Å². The number of rotatable bonds is 4. The number of hydrogen-bond acceptors (Lipinski definition) is 5. The van der Waals surface area contributed by atoms with Crippen molar-refractivity contribution in [2.75, 3.05) is 62.9 Å². The van der Waals surface area contributed by atoms with Crippen LogP contribution in [0.4, 0.5) is 5.69 Å². The standard InChI is InChI=1S/C23H34N4O4S/c1-32(30,31)27-12-6-7-19-17-20(8-9-21(19)27)23(29)26-15-13-24(14-16-26)18-22(28)25-10-4-2-3-5-11-25/h8-9,17H,2-7,10-16,18H2,1H3. The summed E-state index contributed by atoms with van der Waals surface area (Å²) in [4.78, 5) is 31.7. The third-order valence-corrected chi connectivity index (χ3v) is 7.96. The molecule has 0 saturated carbocycles. The van der Waals surface area contributed by atoms with E-state index in [0.29, 0.717) is 50.5 Å². The summed E-state index contributed by atoms with van der Waals surface area (Å²) in [5.41, 5.74) is 2.20. The summed E-state index contributed by atoms with van der Waals surface area (Å²) in [5.74, 6) is 0.180. The van der Waals surface area contributed by atoms with Crippen LogP contribution in [0.2, 0.25) is 0 Å². The fourth-order valence-corrected chi connectivity index (χ4v) is 5.94. The molecule has 0 aromatic heterocycles. The van der Waals surface area contributed by atoms with Crippen LogP contribution in [0.15, 0.2) is 18.2 Å². The number of carbonyl (C=O) groups is 2. The van der Waals surface area contributed by atoms with Gasteiger partial charge in [-0.15, -0.1) is 0 Å². The van der Waals surface area contributed by atoms with Crippen molar-refractivity contribution in [2.45, 2.75) is 38.5 Å². The molecule has 4 rings (SSSR count). The number of benzene rings is 1. The van der Waals surface area contributed by atoms with Crippen molar-refractivity contribution in [1.29, 1.82) is 0 Å². The second-order valence-corrected chi connectivity index (χ2v) is 11.1. The maximum Gasteiger partial charge on any atom is 0.253 e. The van der Waals surface area contributed by atoms with Crippen LogP contribution in [-0.2, 0) is 21.2 Å². The molecule has 2 saturated heterocycles. The molecule has 1 aromatic rings. The zero-order chi connectivity index (χ0) is 22.7. The summed E-state index contributed by atoms with van der Waals surface area (Å²) in [5, 5.41) is 0. The highest BCUT2D eigenvalue weighted by molar-refractivity contribution is 7.92. The predicted octanol–water partition coefficient (Wildman–Crippen LogP) is 1.56. The molecule has 1 aromatic carbocycles. The lowest BCUT2D eigenvalue weighted by molar-refractivity contribution is -0.132. The minimum absolute atomic E-state index is 0.0252. The van der Waals surface area contributed by atoms with Crippen LogP contribution < -0.4 is 4.31 Å². The SMILES string of the molecule is CS(=O)(=O)N1CCCc2cc(C(=O)N3CCN(CC(=O)N4CCCCCC4)CC3)ccc21. The first kappa shape index (κ1) is 23.0. The molecule has 0 N–H and O–H groups in total. The lowest BCUT2D eigenvalue weighted by Crippen LogP contribution is -2.51. The van der Waals surface area contributed by atoms with Gasteiger partial charge in [-0.25, -0.2) is 8.42 Å². The van der Waals surface area contributed by atoms with Crippen LogP contribution in [0.3, 0.4) is 0 Å². The minimum Gasteiger partial charge on any atom is -0.342 e. The van der Waals surface area contributed by atoms with Crippen molar-refractivity contribution < 1.29 is 18.0 Å². The molecule has 9 heteroatoms. The Balaban J connectivity index is 1.34. The molecule has 2 fully saturated rings. The fourth-order valence-electron chi connectivity index (χ4n) is 4.94. The Morgan fingerprint density at radius 1 is 0.844 bits per heavy atom. The number of likely N-dealkylation sites (tertiary alicyclic amines) is 1. The first-order valence-corrected chi connectivity index (χ1v) is 13.6. The molecule has 32 heavy (non-hydrogen) atoms. The molecule has 0 aliphatic carbocycles. The Morgan fingerprint density at radius 3 is 2.19 bits per heavy atom. The van der Waals surface area contributed by atoms with E-state index in [0.717, 1.165) is 44.3 Å². The predicted molar refractivity (Wildman–Crippen MR) is 124 cm³/mol. The van der Waals surface area contributed by atoms with Crippen LogP contribution in [0.5, 0.6) is 0 Å². The summed E-state index contributed by atoms with van der Waals surface area (Å²) in [6.07, 6.45) is 7.35. The van der Waals surface area contributed by atoms with Crippen molar-refractivity contribution in [3.05, 3.63) is 29.3 Å². The highest BCUT2D eigenvalue weighted by Gasteiger charge is 2.28. The van der Waals surface area contributed by atoms with Crippen LogP contribution in [0.1, 0.15) is 48.0 Å². The smallest absolute Gasteiger partial charge is 0.253 e. The highest BCUT2D eigenvalue weighted by atomic mass is 32.2. The van der Waals surface area contributed by atoms with Crippen LogP contribution in [-0.4, -0.2) is 93.5 Å². The molecule has 0 bridgehead atoms. The lowest BCUT2D eigenvalue weighted by atomic mass is 10.00. The van der Waals surface area contributed by atoms with Gasteiger partial charge in [0.05, 0.1) is 18.5 Å². The molecular formula is C23H34N4O4S. The summed E-state index contributed by atoms with van der Waals surface area (Å²) >= 11 is 0. The summed E-state index contributed by atoms with van der Waals surface area (Å²) < 4.78 is 25.5. The number of aryl methyl sites for hydroxylation is 1. The van der Waals surface area contributed by atoms with Crippen LogP contribution in [0.25, 0.3) is 0 Å². The van der Waals surface area contributed by atoms with Gasteiger partial charge in [-0.2, -0.15) is 0 Å². The van der Waals surface area contributed by atoms with Gasteiger partial charge in [0.2, 0.25) is 15.9 Å². The van der Waals surface area contributed by atoms with Gasteiger partial charge in [-0.05, 0) is 49.4 Å². The van der Waals surface area contributed by atoms with Gasteiger partial charge in [0.1, 0.15) is 0 Å². The van der Waals surface area contributed by atoms with Gasteiger partial charge in [-0.1, -0.05) is 12.8 Å². The Morgan fingerprint density at radius 2 is 1.53 bits per heavy atom. The Hall–Kier alpha value is -2.13. The van der Waals surface area contributed by atoms with Crippen LogP contribution in [0, 0.1) is 0 Å². The summed E-state index contributed by atoms with van der Waals surface area (Å²) in [7, 11) is -3.32. The number of nitrogens with zero attached hydrogens (tertiary/aromatic N) is 4. The third-order valence-electron chi connectivity index (χ3n) is 6.78. The largest absolute Gasteiger partial charge is 0.342 e. The molecule has 0 atom stereocenters. The highest BCUT2D eigenvalue weighted by Crippen LogP contribution is 2.30. The molecular weight excluding hydrogens is 428 g/mol. The van der Waals surface area contributed by atoms with E-state index in [1.165, 1.54) is 23.4 Å². The van der Waals surface area contributed by atoms with E-state index in [1.54, 1.807) is 12.1 Å². The minimum atomic E-state index is -3.32. The van der Waals surface area contributed by atoms with Gasteiger partial charge in [0, 0.05) is 51.4 Å². The molecule has 2 amide bonds. The van der Waals surface area contributed by atoms with Gasteiger partial charge in [0.15, 0.2) is 0 Å². The van der Waals surface area contributed by atoms with Crippen molar-refractivity contribution in [2.24, 2.45) is 0 Å². The van der Waals surface area contributed by atoms with Crippen LogP contribution >= 0.6 is 0 Å². The molecule has 0 radical (unpaired) electrons. The maximum atomic E-state index is 13.1. The zero-order valence-corrected chi connectivity index (χ0v) is 19.8. The average molecular weight is 463 g/mol. The van der Waals surface area contributed by atoms with E-state index in [4.69, 9.17) is 0 Å². The Kier molecular flexibility index (Phi) is 7.05. The zero-order valence-electron chi connectivity index (χ0n) is 19.0. The quantitative estimate of drug-likeness (QED) is 0.678. The van der Waals surface area contributed by atoms with Gasteiger partial charge < -0.3 is 9.80 Å². The van der Waals surface area contributed by atoms with E-state index in [1.807, 2.05) is 15.9 Å². The maximum absolute atomic E-state index is 13.1. The Bertz CT molecular complexity index is 949. The number of sulfonamides is 1. The normalized spacial score (nSPS) is 20.6. The van der Waals surface area contributed by atoms with E-state index in [-0.39, 0.29) is 11.8 Å².